The van der Waals surface area contributed by atoms with Crippen LogP contribution in [0.4, 0.5) is 18.9 Å². The van der Waals surface area contributed by atoms with Gasteiger partial charge in [-0.15, -0.1) is 0 Å². The Bertz CT molecular complexity index is 1530. The van der Waals surface area contributed by atoms with E-state index in [0.717, 1.165) is 24.3 Å². The number of amides is 3. The van der Waals surface area contributed by atoms with Gasteiger partial charge in [0.2, 0.25) is 0 Å². The fraction of sp³-hybridized carbons (Fsp3) is 0.344. The standard InChI is InChI=1S/C32H32F3N3O6/c1-31(42,20-6-4-3-5-7-20)30(41)36-17-23-13-14-25-27(44-23)18-43-26-15-12-22(16-24(26)29(40)38(25)2)37-28(39)19-8-10-21(11-9-19)32(33,34)35/h3-12,15-16,23,25,27,42H,13-14,17-18H2,1-2H3,(H,36,41)(H,37,39)/t23-,25-,27-,31-/m0/s1. The average molecular weight is 612 g/mol. The first-order chi connectivity index (χ1) is 20.8. The maximum absolute atomic E-state index is 13.5. The highest BCUT2D eigenvalue weighted by molar-refractivity contribution is 6.05. The number of benzene rings is 3. The molecule has 3 amide bonds. The molecule has 3 N–H and O–H groups in total. The van der Waals surface area contributed by atoms with Gasteiger partial charge in [-0.05, 0) is 67.8 Å². The quantitative estimate of drug-likeness (QED) is 0.382. The predicted molar refractivity (Wildman–Crippen MR) is 154 cm³/mol. The zero-order chi connectivity index (χ0) is 31.6. The molecular formula is C32H32F3N3O6. The highest BCUT2D eigenvalue weighted by atomic mass is 19.4. The number of fused-ring (bicyclic) bond motifs is 2. The number of aliphatic hydroxyl groups is 1. The first kappa shape index (κ1) is 31.0. The summed E-state index contributed by atoms with van der Waals surface area (Å²) in [6.45, 7) is 1.72. The smallest absolute Gasteiger partial charge is 0.416 e. The normalized spacial score (nSPS) is 21.5. The van der Waals surface area contributed by atoms with E-state index in [1.807, 2.05) is 0 Å². The molecule has 1 saturated heterocycles. The molecular weight excluding hydrogens is 579 g/mol. The second kappa shape index (κ2) is 12.3. The van der Waals surface area contributed by atoms with E-state index in [0.29, 0.717) is 18.4 Å². The monoisotopic (exact) mass is 611 g/mol. The van der Waals surface area contributed by atoms with Crippen molar-refractivity contribution in [3.8, 4) is 5.75 Å². The number of ether oxygens (including phenoxy) is 2. The summed E-state index contributed by atoms with van der Waals surface area (Å²) in [5.41, 5.74) is -1.59. The Balaban J connectivity index is 1.22. The van der Waals surface area contributed by atoms with Crippen molar-refractivity contribution in [3.63, 3.8) is 0 Å². The molecule has 3 aromatic rings. The zero-order valence-corrected chi connectivity index (χ0v) is 24.1. The van der Waals surface area contributed by atoms with Gasteiger partial charge in [-0.1, -0.05) is 30.3 Å². The molecule has 2 aliphatic rings. The molecule has 0 saturated carbocycles. The molecule has 0 spiro atoms. The fourth-order valence-electron chi connectivity index (χ4n) is 5.39. The molecule has 3 aromatic carbocycles. The summed E-state index contributed by atoms with van der Waals surface area (Å²) in [7, 11) is 1.66. The molecule has 12 heteroatoms. The van der Waals surface area contributed by atoms with Crippen molar-refractivity contribution in [1.82, 2.24) is 10.2 Å². The minimum atomic E-state index is -4.51. The maximum atomic E-state index is 13.5. The Labute approximate surface area is 252 Å². The summed E-state index contributed by atoms with van der Waals surface area (Å²) in [5, 5.41) is 16.2. The van der Waals surface area contributed by atoms with E-state index >= 15 is 0 Å². The highest BCUT2D eigenvalue weighted by Gasteiger charge is 2.40. The molecule has 0 bridgehead atoms. The van der Waals surface area contributed by atoms with Crippen molar-refractivity contribution in [2.45, 2.75) is 49.8 Å². The molecule has 0 aliphatic carbocycles. The summed E-state index contributed by atoms with van der Waals surface area (Å²) >= 11 is 0. The van der Waals surface area contributed by atoms with Crippen LogP contribution in [-0.4, -0.2) is 66.2 Å². The largest absolute Gasteiger partial charge is 0.490 e. The number of likely N-dealkylation sites (N-methyl/N-ethyl adjacent to an activating group) is 1. The first-order valence-electron chi connectivity index (χ1n) is 14.1. The van der Waals surface area contributed by atoms with Gasteiger partial charge in [0.15, 0.2) is 5.60 Å². The number of alkyl halides is 3. The SMILES string of the molecule is CN1C(=O)c2cc(NC(=O)c3ccc(C(F)(F)F)cc3)ccc2OC[C@@H]2O[C@H](CNC(=O)[C@@](C)(O)c3ccccc3)CC[C@@H]21. The van der Waals surface area contributed by atoms with Crippen LogP contribution < -0.4 is 15.4 Å². The molecule has 0 aromatic heterocycles. The van der Waals surface area contributed by atoms with E-state index in [4.69, 9.17) is 9.47 Å². The third-order valence-corrected chi connectivity index (χ3v) is 8.01. The average Bonchev–Trinajstić information content (AvgIpc) is 3.01. The van der Waals surface area contributed by atoms with Crippen LogP contribution >= 0.6 is 0 Å². The van der Waals surface area contributed by atoms with E-state index in [9.17, 15) is 32.7 Å². The Hall–Kier alpha value is -4.42. The van der Waals surface area contributed by atoms with Gasteiger partial charge in [-0.2, -0.15) is 13.2 Å². The van der Waals surface area contributed by atoms with Crippen molar-refractivity contribution < 1.29 is 42.1 Å². The molecule has 0 unspecified atom stereocenters. The second-order valence-corrected chi connectivity index (χ2v) is 11.1. The van der Waals surface area contributed by atoms with Crippen LogP contribution in [0.25, 0.3) is 0 Å². The Morgan fingerprint density at radius 1 is 1.00 bits per heavy atom. The lowest BCUT2D eigenvalue weighted by Gasteiger charge is -2.42. The topological polar surface area (TPSA) is 117 Å². The van der Waals surface area contributed by atoms with Gasteiger partial charge in [0.05, 0.1) is 23.3 Å². The first-order valence-corrected chi connectivity index (χ1v) is 14.1. The van der Waals surface area contributed by atoms with Crippen molar-refractivity contribution in [3.05, 3.63) is 95.1 Å². The number of nitrogens with one attached hydrogen (secondary N) is 2. The number of hydrogen-bond donors (Lipinski definition) is 3. The van der Waals surface area contributed by atoms with Crippen molar-refractivity contribution in [2.75, 3.05) is 25.5 Å². The second-order valence-electron chi connectivity index (χ2n) is 11.1. The molecule has 232 valence electrons. The van der Waals surface area contributed by atoms with Gasteiger partial charge < -0.3 is 30.1 Å². The van der Waals surface area contributed by atoms with Crippen molar-refractivity contribution >= 4 is 23.4 Å². The summed E-state index contributed by atoms with van der Waals surface area (Å²) in [4.78, 5) is 40.5. The molecule has 44 heavy (non-hydrogen) atoms. The number of halogens is 3. The van der Waals surface area contributed by atoms with E-state index in [2.05, 4.69) is 10.6 Å². The molecule has 2 heterocycles. The van der Waals surface area contributed by atoms with Gasteiger partial charge in [0.25, 0.3) is 17.7 Å². The summed E-state index contributed by atoms with van der Waals surface area (Å²) < 4.78 is 50.8. The molecule has 1 fully saturated rings. The molecule has 9 nitrogen and oxygen atoms in total. The van der Waals surface area contributed by atoms with Gasteiger partial charge in [0.1, 0.15) is 18.5 Å². The maximum Gasteiger partial charge on any atom is 0.416 e. The number of rotatable bonds is 6. The van der Waals surface area contributed by atoms with Crippen molar-refractivity contribution in [2.24, 2.45) is 0 Å². The Morgan fingerprint density at radius 2 is 1.70 bits per heavy atom. The van der Waals surface area contributed by atoms with E-state index in [1.165, 1.54) is 25.1 Å². The minimum Gasteiger partial charge on any atom is -0.490 e. The summed E-state index contributed by atoms with van der Waals surface area (Å²) in [6, 6.07) is 16.7. The van der Waals surface area contributed by atoms with Gasteiger partial charge in [-0.25, -0.2) is 0 Å². The lowest BCUT2D eigenvalue weighted by atomic mass is 9.94. The van der Waals surface area contributed by atoms with Crippen LogP contribution in [0, 0.1) is 0 Å². The summed E-state index contributed by atoms with van der Waals surface area (Å²) in [5.74, 6) is -1.25. The van der Waals surface area contributed by atoms with Crippen LogP contribution in [0.2, 0.25) is 0 Å². The van der Waals surface area contributed by atoms with E-state index < -0.39 is 35.3 Å². The van der Waals surface area contributed by atoms with Crippen molar-refractivity contribution in [1.29, 1.82) is 0 Å². The predicted octanol–water partition coefficient (Wildman–Crippen LogP) is 4.36. The molecule has 4 atom stereocenters. The number of carbonyl (C=O) groups excluding carboxylic acids is 3. The fourth-order valence-corrected chi connectivity index (χ4v) is 5.39. The van der Waals surface area contributed by atoms with E-state index in [-0.39, 0.29) is 53.8 Å². The lowest BCUT2D eigenvalue weighted by Crippen LogP contribution is -2.55. The number of hydrogen-bond acceptors (Lipinski definition) is 6. The van der Waals surface area contributed by atoms with Crippen LogP contribution in [0.1, 0.15) is 51.6 Å². The highest BCUT2D eigenvalue weighted by Crippen LogP contribution is 2.33. The number of carbonyl (C=O) groups is 3. The van der Waals surface area contributed by atoms with Crippen LogP contribution in [0.5, 0.6) is 5.75 Å². The third kappa shape index (κ3) is 6.56. The number of nitrogens with zero attached hydrogens (tertiary/aromatic N) is 1. The minimum absolute atomic E-state index is 0.0288. The van der Waals surface area contributed by atoms with Gasteiger partial charge in [-0.3, -0.25) is 14.4 Å². The summed E-state index contributed by atoms with van der Waals surface area (Å²) in [6.07, 6.45) is -4.24. The Kier molecular flexibility index (Phi) is 8.66. The third-order valence-electron chi connectivity index (χ3n) is 8.01. The van der Waals surface area contributed by atoms with Crippen LogP contribution in [0.15, 0.2) is 72.8 Å². The Morgan fingerprint density at radius 3 is 2.39 bits per heavy atom. The van der Waals surface area contributed by atoms with Gasteiger partial charge >= 0.3 is 6.18 Å². The lowest BCUT2D eigenvalue weighted by molar-refractivity contribution is -0.141. The molecule has 0 radical (unpaired) electrons. The molecule has 5 rings (SSSR count). The molecule has 2 aliphatic heterocycles. The zero-order valence-electron chi connectivity index (χ0n) is 24.1. The number of anilines is 1. The van der Waals surface area contributed by atoms with Crippen LogP contribution in [0.3, 0.4) is 0 Å². The van der Waals surface area contributed by atoms with Crippen LogP contribution in [-0.2, 0) is 21.3 Å². The van der Waals surface area contributed by atoms with E-state index in [1.54, 1.807) is 42.3 Å². The van der Waals surface area contributed by atoms with Gasteiger partial charge in [0, 0.05) is 24.8 Å².